The SMILES string of the molecule is CC1(C)OC[C@@H](O)[C@H]([C@H](OC(=O)C(C)(C)C)/C(O)=C/O)O1. The van der Waals surface area contributed by atoms with E-state index in [2.05, 4.69) is 0 Å². The summed E-state index contributed by atoms with van der Waals surface area (Å²) in [6, 6.07) is 0. The van der Waals surface area contributed by atoms with Crippen molar-refractivity contribution in [3.05, 3.63) is 12.0 Å². The molecule has 0 aromatic carbocycles. The van der Waals surface area contributed by atoms with Crippen LogP contribution in [0.2, 0.25) is 0 Å². The van der Waals surface area contributed by atoms with Crippen LogP contribution in [-0.2, 0) is 19.0 Å². The number of carbonyl (C=O) groups is 1. The summed E-state index contributed by atoms with van der Waals surface area (Å²) < 4.78 is 16.0. The van der Waals surface area contributed by atoms with Crippen LogP contribution in [0.1, 0.15) is 34.6 Å². The monoisotopic (exact) mass is 304 g/mol. The number of ether oxygens (including phenoxy) is 3. The first kappa shape index (κ1) is 17.7. The topological polar surface area (TPSA) is 105 Å². The molecule has 1 aliphatic rings. The fourth-order valence-electron chi connectivity index (χ4n) is 1.75. The molecule has 3 atom stereocenters. The summed E-state index contributed by atoms with van der Waals surface area (Å²) in [6.07, 6.45) is -3.07. The zero-order valence-corrected chi connectivity index (χ0v) is 13.0. The Morgan fingerprint density at radius 3 is 2.48 bits per heavy atom. The van der Waals surface area contributed by atoms with Crippen LogP contribution >= 0.6 is 0 Å². The number of hydrogen-bond donors (Lipinski definition) is 3. The number of hydrogen-bond acceptors (Lipinski definition) is 7. The molecule has 0 aromatic rings. The molecule has 0 aliphatic carbocycles. The van der Waals surface area contributed by atoms with Gasteiger partial charge in [-0.1, -0.05) is 0 Å². The highest BCUT2D eigenvalue weighted by Crippen LogP contribution is 2.29. The third-order valence-corrected chi connectivity index (χ3v) is 2.97. The summed E-state index contributed by atoms with van der Waals surface area (Å²) in [5, 5.41) is 28.7. The molecule has 1 heterocycles. The highest BCUT2D eigenvalue weighted by atomic mass is 16.7. The van der Waals surface area contributed by atoms with Gasteiger partial charge in [-0.25, -0.2) is 0 Å². The minimum Gasteiger partial charge on any atom is -0.512 e. The summed E-state index contributed by atoms with van der Waals surface area (Å²) in [6.45, 7) is 8.17. The van der Waals surface area contributed by atoms with Gasteiger partial charge in [-0.15, -0.1) is 0 Å². The second kappa shape index (κ2) is 6.21. The van der Waals surface area contributed by atoms with E-state index in [9.17, 15) is 15.0 Å². The van der Waals surface area contributed by atoms with Gasteiger partial charge in [0, 0.05) is 0 Å². The Hall–Kier alpha value is -1.31. The molecule has 0 aromatic heterocycles. The molecule has 21 heavy (non-hydrogen) atoms. The Labute approximate surface area is 124 Å². The highest BCUT2D eigenvalue weighted by molar-refractivity contribution is 5.75. The lowest BCUT2D eigenvalue weighted by molar-refractivity contribution is -0.318. The van der Waals surface area contributed by atoms with Crippen molar-refractivity contribution >= 4 is 5.97 Å². The van der Waals surface area contributed by atoms with Crippen molar-refractivity contribution in [3.63, 3.8) is 0 Å². The van der Waals surface area contributed by atoms with Crippen LogP contribution in [0.25, 0.3) is 0 Å². The number of rotatable bonds is 3. The number of aliphatic hydroxyl groups excluding tert-OH is 3. The molecule has 122 valence electrons. The number of aliphatic hydroxyl groups is 3. The third-order valence-electron chi connectivity index (χ3n) is 2.97. The van der Waals surface area contributed by atoms with E-state index in [0.29, 0.717) is 6.26 Å². The molecule has 0 spiro atoms. The Morgan fingerprint density at radius 2 is 2.00 bits per heavy atom. The fourth-order valence-corrected chi connectivity index (χ4v) is 1.75. The van der Waals surface area contributed by atoms with Crippen LogP contribution in [0.5, 0.6) is 0 Å². The maximum atomic E-state index is 12.0. The standard InChI is InChI=1S/C14H24O7/c1-13(2,3)12(18)20-10(8(16)6-15)11-9(17)7-19-14(4,5)21-11/h6,9-11,15-17H,7H2,1-5H3/b8-6-/t9-,10-,11-/m1/s1. The van der Waals surface area contributed by atoms with Gasteiger partial charge < -0.3 is 29.5 Å². The van der Waals surface area contributed by atoms with E-state index in [1.807, 2.05) is 0 Å². The first-order chi connectivity index (χ1) is 9.48. The van der Waals surface area contributed by atoms with E-state index in [-0.39, 0.29) is 6.61 Å². The van der Waals surface area contributed by atoms with Crippen molar-refractivity contribution in [1.82, 2.24) is 0 Å². The predicted molar refractivity (Wildman–Crippen MR) is 73.6 cm³/mol. The van der Waals surface area contributed by atoms with Gasteiger partial charge in [-0.05, 0) is 34.6 Å². The lowest BCUT2D eigenvalue weighted by Crippen LogP contribution is -2.55. The van der Waals surface area contributed by atoms with E-state index in [1.165, 1.54) is 0 Å². The summed E-state index contributed by atoms with van der Waals surface area (Å²) >= 11 is 0. The molecule has 0 bridgehead atoms. The third kappa shape index (κ3) is 4.59. The minimum absolute atomic E-state index is 0.0417. The normalized spacial score (nSPS) is 28.0. The van der Waals surface area contributed by atoms with Gasteiger partial charge in [-0.3, -0.25) is 4.79 Å². The van der Waals surface area contributed by atoms with Crippen LogP contribution in [0, 0.1) is 5.41 Å². The molecule has 1 rings (SSSR count). The lowest BCUT2D eigenvalue weighted by atomic mass is 9.96. The van der Waals surface area contributed by atoms with Crippen molar-refractivity contribution in [2.75, 3.05) is 6.61 Å². The maximum absolute atomic E-state index is 12.0. The number of esters is 1. The molecule has 0 amide bonds. The van der Waals surface area contributed by atoms with Gasteiger partial charge in [0.15, 0.2) is 17.7 Å². The zero-order chi connectivity index (χ0) is 16.4. The summed E-state index contributed by atoms with van der Waals surface area (Å²) in [4.78, 5) is 12.0. The second-order valence-electron chi connectivity index (χ2n) is 6.49. The van der Waals surface area contributed by atoms with Crippen molar-refractivity contribution in [3.8, 4) is 0 Å². The van der Waals surface area contributed by atoms with Crippen molar-refractivity contribution in [1.29, 1.82) is 0 Å². The molecule has 1 saturated heterocycles. The first-order valence-corrected chi connectivity index (χ1v) is 6.72. The maximum Gasteiger partial charge on any atom is 0.312 e. The van der Waals surface area contributed by atoms with Crippen LogP contribution < -0.4 is 0 Å². The van der Waals surface area contributed by atoms with Gasteiger partial charge in [0.1, 0.15) is 18.5 Å². The largest absolute Gasteiger partial charge is 0.512 e. The summed E-state index contributed by atoms with van der Waals surface area (Å²) in [5.74, 6) is -2.21. The Morgan fingerprint density at radius 1 is 1.43 bits per heavy atom. The van der Waals surface area contributed by atoms with Crippen molar-refractivity contribution in [2.45, 2.75) is 58.7 Å². The molecule has 7 heteroatoms. The summed E-state index contributed by atoms with van der Waals surface area (Å²) in [7, 11) is 0. The highest BCUT2D eigenvalue weighted by Gasteiger charge is 2.44. The number of carbonyl (C=O) groups excluding carboxylic acids is 1. The molecule has 1 aliphatic heterocycles. The van der Waals surface area contributed by atoms with Crippen LogP contribution in [0.15, 0.2) is 12.0 Å². The van der Waals surface area contributed by atoms with Gasteiger partial charge in [0.05, 0.1) is 12.0 Å². The Balaban J connectivity index is 2.99. The van der Waals surface area contributed by atoms with Crippen molar-refractivity contribution in [2.24, 2.45) is 5.41 Å². The Bertz CT molecular complexity index is 408. The molecule has 3 N–H and O–H groups in total. The van der Waals surface area contributed by atoms with E-state index >= 15 is 0 Å². The first-order valence-electron chi connectivity index (χ1n) is 6.72. The van der Waals surface area contributed by atoms with E-state index in [4.69, 9.17) is 19.3 Å². The smallest absolute Gasteiger partial charge is 0.312 e. The van der Waals surface area contributed by atoms with Gasteiger partial charge in [0.25, 0.3) is 0 Å². The van der Waals surface area contributed by atoms with Crippen LogP contribution in [0.3, 0.4) is 0 Å². The minimum atomic E-state index is -1.32. The Kier molecular flexibility index (Phi) is 5.25. The van der Waals surface area contributed by atoms with Gasteiger partial charge in [-0.2, -0.15) is 0 Å². The van der Waals surface area contributed by atoms with Crippen molar-refractivity contribution < 1.29 is 34.3 Å². The molecular weight excluding hydrogens is 280 g/mol. The molecular formula is C14H24O7. The second-order valence-corrected chi connectivity index (χ2v) is 6.49. The average molecular weight is 304 g/mol. The van der Waals surface area contributed by atoms with Gasteiger partial charge >= 0.3 is 5.97 Å². The fraction of sp³-hybridized carbons (Fsp3) is 0.786. The van der Waals surface area contributed by atoms with E-state index in [1.54, 1.807) is 34.6 Å². The van der Waals surface area contributed by atoms with E-state index < -0.39 is 41.2 Å². The lowest BCUT2D eigenvalue weighted by Gasteiger charge is -2.41. The molecule has 0 radical (unpaired) electrons. The quantitative estimate of drug-likeness (QED) is 0.535. The van der Waals surface area contributed by atoms with E-state index in [0.717, 1.165) is 0 Å². The average Bonchev–Trinajstić information content (AvgIpc) is 2.36. The van der Waals surface area contributed by atoms with Crippen LogP contribution in [0.4, 0.5) is 0 Å². The predicted octanol–water partition coefficient (Wildman–Crippen LogP) is 1.41. The summed E-state index contributed by atoms with van der Waals surface area (Å²) in [5.41, 5.74) is -0.806. The van der Waals surface area contributed by atoms with Gasteiger partial charge in [0.2, 0.25) is 0 Å². The molecule has 7 nitrogen and oxygen atoms in total. The molecule has 0 saturated carbocycles. The molecule has 1 fully saturated rings. The molecule has 0 unspecified atom stereocenters. The van der Waals surface area contributed by atoms with Crippen LogP contribution in [-0.4, -0.2) is 52.0 Å². The zero-order valence-electron chi connectivity index (χ0n) is 13.0.